The Morgan fingerprint density at radius 3 is 2.49 bits per heavy atom. The van der Waals surface area contributed by atoms with E-state index in [1.54, 1.807) is 39.4 Å². The maximum absolute atomic E-state index is 13.5. The van der Waals surface area contributed by atoms with E-state index >= 15 is 0 Å². The molecule has 4 aromatic rings. The van der Waals surface area contributed by atoms with Crippen LogP contribution in [0.1, 0.15) is 49.9 Å². The van der Waals surface area contributed by atoms with Gasteiger partial charge in [-0.05, 0) is 63.3 Å². The van der Waals surface area contributed by atoms with E-state index in [1.807, 2.05) is 4.90 Å². The monoisotopic (exact) mass is 565 g/mol. The van der Waals surface area contributed by atoms with Crippen LogP contribution in [0.3, 0.4) is 0 Å². The van der Waals surface area contributed by atoms with Gasteiger partial charge in [-0.3, -0.25) is 4.79 Å². The van der Waals surface area contributed by atoms with Gasteiger partial charge in [0.1, 0.15) is 0 Å². The largest absolute Gasteiger partial charge is 0.442 e. The molecule has 3 aromatic heterocycles. The molecule has 41 heavy (non-hydrogen) atoms. The van der Waals surface area contributed by atoms with Gasteiger partial charge >= 0.3 is 12.0 Å². The predicted octanol–water partition coefficient (Wildman–Crippen LogP) is 3.52. The van der Waals surface area contributed by atoms with Crippen molar-refractivity contribution in [3.63, 3.8) is 0 Å². The first-order valence-electron chi connectivity index (χ1n) is 13.3. The molecule has 0 spiro atoms. The SMILES string of the molecule is CC(C)(C)C(=O)OCn1cc(C2CCN(c3nnc(-c4cnc(NC5Cc6cc(F)c(F)cc6C5)nc4)o3)C2)nn1. The molecule has 1 aliphatic carbocycles. The minimum Gasteiger partial charge on any atom is -0.442 e. The van der Waals surface area contributed by atoms with E-state index in [0.717, 1.165) is 23.2 Å². The van der Waals surface area contributed by atoms with Gasteiger partial charge in [-0.1, -0.05) is 10.3 Å². The minimum absolute atomic E-state index is 0.0111. The Hall–Kier alpha value is -4.49. The van der Waals surface area contributed by atoms with Crippen LogP contribution in [0.5, 0.6) is 0 Å². The van der Waals surface area contributed by atoms with Gasteiger partial charge in [0.25, 0.3) is 5.89 Å². The van der Waals surface area contributed by atoms with E-state index in [1.165, 1.54) is 16.8 Å². The molecular weight excluding hydrogens is 536 g/mol. The highest BCUT2D eigenvalue weighted by Crippen LogP contribution is 2.31. The topological polar surface area (TPSA) is 137 Å². The molecule has 214 valence electrons. The van der Waals surface area contributed by atoms with Crippen molar-refractivity contribution in [2.75, 3.05) is 23.3 Å². The number of esters is 1. The zero-order valence-electron chi connectivity index (χ0n) is 22.8. The molecule has 1 unspecified atom stereocenters. The predicted molar refractivity (Wildman–Crippen MR) is 142 cm³/mol. The number of hydrogen-bond acceptors (Lipinski definition) is 11. The number of aromatic nitrogens is 7. The Morgan fingerprint density at radius 2 is 1.80 bits per heavy atom. The molecule has 0 saturated carbocycles. The summed E-state index contributed by atoms with van der Waals surface area (Å²) in [6.45, 7) is 6.72. The van der Waals surface area contributed by atoms with Gasteiger partial charge < -0.3 is 19.4 Å². The van der Waals surface area contributed by atoms with E-state index in [2.05, 4.69) is 35.8 Å². The van der Waals surface area contributed by atoms with Crippen LogP contribution in [0.2, 0.25) is 0 Å². The van der Waals surface area contributed by atoms with Crippen molar-refractivity contribution >= 4 is 17.9 Å². The second kappa shape index (κ2) is 10.5. The third-order valence-corrected chi connectivity index (χ3v) is 7.20. The lowest BCUT2D eigenvalue weighted by Crippen LogP contribution is -2.24. The molecule has 0 amide bonds. The van der Waals surface area contributed by atoms with Gasteiger partial charge in [0, 0.05) is 37.4 Å². The summed E-state index contributed by atoms with van der Waals surface area (Å²) < 4.78 is 39.8. The third-order valence-electron chi connectivity index (χ3n) is 7.20. The van der Waals surface area contributed by atoms with Crippen LogP contribution in [0.15, 0.2) is 35.1 Å². The van der Waals surface area contributed by atoms with Crippen molar-refractivity contribution in [1.82, 2.24) is 35.2 Å². The Bertz CT molecular complexity index is 1530. The van der Waals surface area contributed by atoms with Gasteiger partial charge in [0.05, 0.1) is 22.9 Å². The normalized spacial score (nSPS) is 17.2. The number of rotatable bonds is 7. The summed E-state index contributed by atoms with van der Waals surface area (Å²) >= 11 is 0. The second-order valence-corrected chi connectivity index (χ2v) is 11.4. The molecule has 1 aromatic carbocycles. The Kier molecular flexibility index (Phi) is 6.83. The molecule has 2 aliphatic rings. The fourth-order valence-corrected chi connectivity index (χ4v) is 4.95. The number of hydrogen-bond donors (Lipinski definition) is 1. The Balaban J connectivity index is 1.03. The molecule has 6 rings (SSSR count). The Labute approximate surface area is 234 Å². The van der Waals surface area contributed by atoms with Crippen LogP contribution in [0.25, 0.3) is 11.5 Å². The highest BCUT2D eigenvalue weighted by Gasteiger charge is 2.30. The number of halogens is 2. The molecule has 1 N–H and O–H groups in total. The maximum atomic E-state index is 13.5. The van der Waals surface area contributed by atoms with Gasteiger partial charge in [0.2, 0.25) is 5.95 Å². The molecule has 1 atom stereocenters. The first kappa shape index (κ1) is 26.7. The van der Waals surface area contributed by atoms with E-state index in [0.29, 0.717) is 49.3 Å². The first-order valence-corrected chi connectivity index (χ1v) is 13.3. The Morgan fingerprint density at radius 1 is 1.10 bits per heavy atom. The summed E-state index contributed by atoms with van der Waals surface area (Å²) in [6, 6.07) is 2.83. The summed E-state index contributed by atoms with van der Waals surface area (Å²) in [6.07, 6.45) is 6.91. The summed E-state index contributed by atoms with van der Waals surface area (Å²) in [5.41, 5.74) is 2.35. The van der Waals surface area contributed by atoms with Crippen LogP contribution in [-0.2, 0) is 29.1 Å². The van der Waals surface area contributed by atoms with E-state index in [-0.39, 0.29) is 24.7 Å². The van der Waals surface area contributed by atoms with Crippen LogP contribution in [0.4, 0.5) is 20.7 Å². The highest BCUT2D eigenvalue weighted by atomic mass is 19.2. The average Bonchev–Trinajstić information content (AvgIpc) is 3.74. The molecule has 0 radical (unpaired) electrons. The number of carbonyl (C=O) groups is 1. The van der Waals surface area contributed by atoms with Gasteiger partial charge in [-0.15, -0.1) is 10.2 Å². The van der Waals surface area contributed by atoms with Gasteiger partial charge in [0.15, 0.2) is 18.4 Å². The standard InChI is InChI=1S/C27H29F2N9O3/c1-27(2,3)24(39)40-14-38-13-22(33-36-38)15-4-5-37(12-15)26-35-34-23(41-26)18-10-30-25(31-11-18)32-19-6-16-8-20(28)21(29)9-17(16)7-19/h8-11,13,15,19H,4-7,12,14H2,1-3H3,(H,30,31,32). The second-order valence-electron chi connectivity index (χ2n) is 11.4. The van der Waals surface area contributed by atoms with Crippen molar-refractivity contribution < 1.29 is 22.7 Å². The molecule has 0 bridgehead atoms. The molecular formula is C27H29F2N9O3. The highest BCUT2D eigenvalue weighted by molar-refractivity contribution is 5.75. The summed E-state index contributed by atoms with van der Waals surface area (Å²) in [5.74, 6) is -1.17. The van der Waals surface area contributed by atoms with Crippen LogP contribution < -0.4 is 10.2 Å². The lowest BCUT2D eigenvalue weighted by Gasteiger charge is -2.16. The number of carbonyl (C=O) groups excluding carboxylic acids is 1. The molecule has 1 fully saturated rings. The van der Waals surface area contributed by atoms with Crippen molar-refractivity contribution in [3.8, 4) is 11.5 Å². The maximum Gasteiger partial charge on any atom is 0.318 e. The van der Waals surface area contributed by atoms with Crippen molar-refractivity contribution in [3.05, 3.63) is 59.2 Å². The third kappa shape index (κ3) is 5.72. The van der Waals surface area contributed by atoms with Crippen LogP contribution >= 0.6 is 0 Å². The van der Waals surface area contributed by atoms with Crippen LogP contribution in [-0.4, -0.2) is 60.3 Å². The van der Waals surface area contributed by atoms with E-state index < -0.39 is 17.0 Å². The number of nitrogens with one attached hydrogen (secondary N) is 1. The van der Waals surface area contributed by atoms with Crippen molar-refractivity contribution in [1.29, 1.82) is 0 Å². The zero-order chi connectivity index (χ0) is 28.7. The fourth-order valence-electron chi connectivity index (χ4n) is 4.95. The summed E-state index contributed by atoms with van der Waals surface area (Å²) in [7, 11) is 0. The molecule has 14 heteroatoms. The molecule has 4 heterocycles. The van der Waals surface area contributed by atoms with Crippen LogP contribution in [0, 0.1) is 17.0 Å². The lowest BCUT2D eigenvalue weighted by molar-refractivity contribution is -0.157. The van der Waals surface area contributed by atoms with E-state index in [9.17, 15) is 13.6 Å². The number of anilines is 2. The number of nitrogens with zero attached hydrogens (tertiary/aromatic N) is 8. The number of ether oxygens (including phenoxy) is 1. The molecule has 1 saturated heterocycles. The van der Waals surface area contributed by atoms with Gasteiger partial charge in [-0.25, -0.2) is 23.4 Å². The fraction of sp³-hybridized carbons (Fsp3) is 0.444. The van der Waals surface area contributed by atoms with Crippen molar-refractivity contribution in [2.24, 2.45) is 5.41 Å². The first-order chi connectivity index (χ1) is 19.6. The summed E-state index contributed by atoms with van der Waals surface area (Å²) in [4.78, 5) is 22.7. The number of benzene rings is 1. The minimum atomic E-state index is -0.836. The smallest absolute Gasteiger partial charge is 0.318 e. The summed E-state index contributed by atoms with van der Waals surface area (Å²) in [5, 5.41) is 19.9. The van der Waals surface area contributed by atoms with E-state index in [4.69, 9.17) is 9.15 Å². The zero-order valence-corrected chi connectivity index (χ0v) is 22.8. The van der Waals surface area contributed by atoms with Crippen molar-refractivity contribution in [2.45, 2.75) is 58.7 Å². The van der Waals surface area contributed by atoms with Gasteiger partial charge in [-0.2, -0.15) is 0 Å². The molecule has 1 aliphatic heterocycles. The molecule has 12 nitrogen and oxygen atoms in total. The average molecular weight is 566 g/mol. The lowest BCUT2D eigenvalue weighted by atomic mass is 9.98. The quantitative estimate of drug-likeness (QED) is 0.330. The number of fused-ring (bicyclic) bond motifs is 1.